The number of rotatable bonds is 3. The third-order valence-electron chi connectivity index (χ3n) is 2.90. The Morgan fingerprint density at radius 3 is 2.53 bits per heavy atom. The Hall–Kier alpha value is -2.10. The monoisotopic (exact) mass is 256 g/mol. The van der Waals surface area contributed by atoms with Crippen molar-refractivity contribution in [3.05, 3.63) is 36.3 Å². The standard InChI is InChI=1S/C15H16N2O2/c1-15(2,3)13(19)8-12(18)14-16-9-10-6-4-5-7-11(10)17-14/h4-7,9H,8H2,1-3H3. The highest BCUT2D eigenvalue weighted by Gasteiger charge is 2.25. The summed E-state index contributed by atoms with van der Waals surface area (Å²) >= 11 is 0. The molecule has 2 rings (SSSR count). The second kappa shape index (κ2) is 4.88. The number of carbonyl (C=O) groups is 2. The van der Waals surface area contributed by atoms with E-state index in [1.54, 1.807) is 27.0 Å². The summed E-state index contributed by atoms with van der Waals surface area (Å²) in [5.74, 6) is -0.323. The fourth-order valence-corrected chi connectivity index (χ4v) is 1.60. The van der Waals surface area contributed by atoms with Crippen molar-refractivity contribution in [2.45, 2.75) is 27.2 Å². The van der Waals surface area contributed by atoms with E-state index in [4.69, 9.17) is 0 Å². The first kappa shape index (κ1) is 13.3. The number of benzene rings is 1. The van der Waals surface area contributed by atoms with Crippen LogP contribution in [0, 0.1) is 5.41 Å². The van der Waals surface area contributed by atoms with E-state index in [2.05, 4.69) is 9.97 Å². The summed E-state index contributed by atoms with van der Waals surface area (Å²) in [6, 6.07) is 7.43. The molecule has 0 fully saturated rings. The highest BCUT2D eigenvalue weighted by molar-refractivity contribution is 6.07. The van der Waals surface area contributed by atoms with Crippen molar-refractivity contribution < 1.29 is 9.59 Å². The molecule has 98 valence electrons. The van der Waals surface area contributed by atoms with Gasteiger partial charge in [-0.05, 0) is 6.07 Å². The predicted octanol–water partition coefficient (Wildman–Crippen LogP) is 2.82. The van der Waals surface area contributed by atoms with Crippen molar-refractivity contribution >= 4 is 22.5 Å². The Balaban J connectivity index is 2.25. The molecule has 1 aromatic carbocycles. The van der Waals surface area contributed by atoms with E-state index >= 15 is 0 Å². The molecule has 0 amide bonds. The number of fused-ring (bicyclic) bond motifs is 1. The fraction of sp³-hybridized carbons (Fsp3) is 0.333. The van der Waals surface area contributed by atoms with E-state index in [0.29, 0.717) is 5.52 Å². The van der Waals surface area contributed by atoms with Gasteiger partial charge in [0, 0.05) is 17.0 Å². The Kier molecular flexibility index (Phi) is 3.42. The molecule has 0 aliphatic carbocycles. The van der Waals surface area contributed by atoms with Crippen LogP contribution in [0.3, 0.4) is 0 Å². The van der Waals surface area contributed by atoms with Gasteiger partial charge in [-0.25, -0.2) is 9.97 Å². The minimum atomic E-state index is -0.521. The van der Waals surface area contributed by atoms with Crippen LogP contribution >= 0.6 is 0 Å². The molecule has 0 saturated carbocycles. The summed E-state index contributed by atoms with van der Waals surface area (Å²) in [5, 5.41) is 0.876. The predicted molar refractivity (Wildman–Crippen MR) is 72.9 cm³/mol. The van der Waals surface area contributed by atoms with E-state index in [9.17, 15) is 9.59 Å². The quantitative estimate of drug-likeness (QED) is 0.626. The molecule has 2 aromatic rings. The number of Topliss-reactive ketones (excluding diaryl/α,β-unsaturated/α-hetero) is 2. The summed E-state index contributed by atoms with van der Waals surface area (Å²) in [6.45, 7) is 5.39. The van der Waals surface area contributed by atoms with E-state index < -0.39 is 5.41 Å². The second-order valence-electron chi connectivity index (χ2n) is 5.53. The van der Waals surface area contributed by atoms with Gasteiger partial charge in [0.2, 0.25) is 5.78 Å². The molecule has 4 heteroatoms. The Bertz CT molecular complexity index is 642. The molecule has 0 spiro atoms. The summed E-state index contributed by atoms with van der Waals surface area (Å²) in [5.41, 5.74) is 0.191. The van der Waals surface area contributed by atoms with E-state index in [0.717, 1.165) is 5.39 Å². The first-order valence-corrected chi connectivity index (χ1v) is 6.16. The number of para-hydroxylation sites is 1. The summed E-state index contributed by atoms with van der Waals surface area (Å²) in [7, 11) is 0. The van der Waals surface area contributed by atoms with Crippen LogP contribution in [0.5, 0.6) is 0 Å². The van der Waals surface area contributed by atoms with Crippen molar-refractivity contribution in [3.8, 4) is 0 Å². The fourth-order valence-electron chi connectivity index (χ4n) is 1.60. The molecule has 0 aliphatic heterocycles. The smallest absolute Gasteiger partial charge is 0.207 e. The molecule has 0 unspecified atom stereocenters. The number of carbonyl (C=O) groups excluding carboxylic acids is 2. The van der Waals surface area contributed by atoms with Crippen LogP contribution < -0.4 is 0 Å². The molecule has 0 saturated heterocycles. The molecule has 1 aromatic heterocycles. The van der Waals surface area contributed by atoms with Crippen LogP contribution in [0.1, 0.15) is 37.8 Å². The van der Waals surface area contributed by atoms with E-state index in [1.165, 1.54) is 0 Å². The third kappa shape index (κ3) is 3.02. The van der Waals surface area contributed by atoms with Crippen molar-refractivity contribution in [3.63, 3.8) is 0 Å². The first-order chi connectivity index (χ1) is 8.88. The average Bonchev–Trinajstić information content (AvgIpc) is 2.37. The van der Waals surface area contributed by atoms with Crippen LogP contribution in [-0.4, -0.2) is 21.5 Å². The number of nitrogens with zero attached hydrogens (tertiary/aromatic N) is 2. The molecular weight excluding hydrogens is 240 g/mol. The number of hydrogen-bond acceptors (Lipinski definition) is 4. The molecule has 1 heterocycles. The second-order valence-corrected chi connectivity index (χ2v) is 5.53. The maximum absolute atomic E-state index is 12.0. The SMILES string of the molecule is CC(C)(C)C(=O)CC(=O)c1ncc2ccccc2n1. The molecular formula is C15H16N2O2. The summed E-state index contributed by atoms with van der Waals surface area (Å²) in [4.78, 5) is 32.1. The van der Waals surface area contributed by atoms with Gasteiger partial charge in [0.25, 0.3) is 0 Å². The van der Waals surface area contributed by atoms with Gasteiger partial charge in [0.1, 0.15) is 5.78 Å². The molecule has 0 bridgehead atoms. The number of aromatic nitrogens is 2. The van der Waals surface area contributed by atoms with Gasteiger partial charge >= 0.3 is 0 Å². The summed E-state index contributed by atoms with van der Waals surface area (Å²) < 4.78 is 0. The number of ketones is 2. The molecule has 0 atom stereocenters. The zero-order valence-corrected chi connectivity index (χ0v) is 11.3. The molecule has 0 aliphatic rings. The lowest BCUT2D eigenvalue weighted by Gasteiger charge is -2.15. The van der Waals surface area contributed by atoms with Crippen LogP contribution in [0.25, 0.3) is 10.9 Å². The average molecular weight is 256 g/mol. The lowest BCUT2D eigenvalue weighted by molar-refractivity contribution is -0.125. The maximum atomic E-state index is 12.0. The van der Waals surface area contributed by atoms with Crippen molar-refractivity contribution in [2.24, 2.45) is 5.41 Å². The maximum Gasteiger partial charge on any atom is 0.207 e. The Labute approximate surface area is 111 Å². The van der Waals surface area contributed by atoms with Gasteiger partial charge in [-0.1, -0.05) is 39.0 Å². The van der Waals surface area contributed by atoms with Gasteiger partial charge in [-0.2, -0.15) is 0 Å². The van der Waals surface area contributed by atoms with Crippen LogP contribution in [-0.2, 0) is 4.79 Å². The van der Waals surface area contributed by atoms with Crippen molar-refractivity contribution in [1.29, 1.82) is 0 Å². The van der Waals surface area contributed by atoms with Gasteiger partial charge in [0.05, 0.1) is 11.9 Å². The van der Waals surface area contributed by atoms with Gasteiger partial charge in [-0.3, -0.25) is 9.59 Å². The normalized spacial score (nSPS) is 11.5. The first-order valence-electron chi connectivity index (χ1n) is 6.16. The largest absolute Gasteiger partial charge is 0.299 e. The highest BCUT2D eigenvalue weighted by atomic mass is 16.1. The number of hydrogen-bond donors (Lipinski definition) is 0. The Morgan fingerprint density at radius 1 is 1.16 bits per heavy atom. The van der Waals surface area contributed by atoms with Crippen LogP contribution in [0.4, 0.5) is 0 Å². The zero-order chi connectivity index (χ0) is 14.0. The molecule has 0 radical (unpaired) electrons. The topological polar surface area (TPSA) is 59.9 Å². The van der Waals surface area contributed by atoms with Crippen LogP contribution in [0.15, 0.2) is 30.5 Å². The van der Waals surface area contributed by atoms with Crippen molar-refractivity contribution in [1.82, 2.24) is 9.97 Å². The van der Waals surface area contributed by atoms with Crippen LogP contribution in [0.2, 0.25) is 0 Å². The zero-order valence-electron chi connectivity index (χ0n) is 11.3. The molecule has 0 N–H and O–H groups in total. The summed E-state index contributed by atoms with van der Waals surface area (Å²) in [6.07, 6.45) is 1.46. The van der Waals surface area contributed by atoms with Gasteiger partial charge < -0.3 is 0 Å². The van der Waals surface area contributed by atoms with Crippen molar-refractivity contribution in [2.75, 3.05) is 0 Å². The third-order valence-corrected chi connectivity index (χ3v) is 2.90. The van der Waals surface area contributed by atoms with Gasteiger partial charge in [0.15, 0.2) is 5.82 Å². The highest BCUT2D eigenvalue weighted by Crippen LogP contribution is 2.18. The lowest BCUT2D eigenvalue weighted by Crippen LogP contribution is -2.23. The molecule has 4 nitrogen and oxygen atoms in total. The van der Waals surface area contributed by atoms with E-state index in [-0.39, 0.29) is 23.8 Å². The van der Waals surface area contributed by atoms with Gasteiger partial charge in [-0.15, -0.1) is 0 Å². The molecule has 19 heavy (non-hydrogen) atoms. The lowest BCUT2D eigenvalue weighted by atomic mass is 9.88. The minimum Gasteiger partial charge on any atom is -0.299 e. The van der Waals surface area contributed by atoms with E-state index in [1.807, 2.05) is 24.3 Å². The minimum absolute atomic E-state index is 0.103. The Morgan fingerprint density at radius 2 is 1.84 bits per heavy atom.